The fourth-order valence-electron chi connectivity index (χ4n) is 10.8. The van der Waals surface area contributed by atoms with Crippen LogP contribution in [0.1, 0.15) is 329 Å². The molecule has 1 fully saturated rings. The summed E-state index contributed by atoms with van der Waals surface area (Å²) in [6.45, 7) is 19.2. The van der Waals surface area contributed by atoms with Crippen LogP contribution in [0.25, 0.3) is 0 Å². The Morgan fingerprint density at radius 1 is 0.246 bits per heavy atom. The van der Waals surface area contributed by atoms with E-state index in [2.05, 4.69) is 48.1 Å². The molecule has 0 aliphatic carbocycles. The first-order valence-corrected chi connectivity index (χ1v) is 31.1. The normalized spacial score (nSPS) is 14.4. The fourth-order valence-corrected chi connectivity index (χ4v) is 10.8. The van der Waals surface area contributed by atoms with Crippen molar-refractivity contribution in [2.45, 2.75) is 342 Å². The van der Waals surface area contributed by atoms with Crippen molar-refractivity contribution in [3.63, 3.8) is 0 Å². The molecule has 0 bridgehead atoms. The lowest BCUT2D eigenvalue weighted by Crippen LogP contribution is -2.50. The fraction of sp³-hybridized carbons (Fsp3) is 1.00. The van der Waals surface area contributed by atoms with E-state index in [1.54, 1.807) is 0 Å². The Morgan fingerprint density at radius 3 is 0.600 bits per heavy atom. The van der Waals surface area contributed by atoms with E-state index in [4.69, 9.17) is 0 Å². The average Bonchev–Trinajstić information content (AvgIpc) is 3.32. The Morgan fingerprint density at radius 2 is 0.415 bits per heavy atom. The van der Waals surface area contributed by atoms with Gasteiger partial charge in [-0.15, -0.1) is 0 Å². The summed E-state index contributed by atoms with van der Waals surface area (Å²) in [5, 5.41) is 8.22. The van der Waals surface area contributed by atoms with Gasteiger partial charge in [0.05, 0.1) is 0 Å². The molecule has 0 aromatic heterocycles. The summed E-state index contributed by atoms with van der Waals surface area (Å²) in [5.41, 5.74) is 0. The van der Waals surface area contributed by atoms with Crippen LogP contribution in [0.15, 0.2) is 0 Å². The summed E-state index contributed by atoms with van der Waals surface area (Å²) in [6.07, 6.45) is 67.8. The number of hydrogen-bond donors (Lipinski definition) is 2. The van der Waals surface area contributed by atoms with E-state index in [-0.39, 0.29) is 0 Å². The number of nitrogens with zero attached hydrogens (tertiary/aromatic N) is 2. The molecule has 0 amide bonds. The third-order valence-corrected chi connectivity index (χ3v) is 15.6. The maximum atomic E-state index is 4.11. The number of hydrogen-bond acceptors (Lipinski definition) is 4. The zero-order chi connectivity index (χ0) is 46.6. The lowest BCUT2D eigenvalue weighted by Gasteiger charge is -2.35. The van der Waals surface area contributed by atoms with Crippen molar-refractivity contribution in [3.8, 4) is 0 Å². The quantitative estimate of drug-likeness (QED) is 0.0595. The molecule has 0 saturated carbocycles. The van der Waals surface area contributed by atoms with E-state index in [1.165, 1.54) is 354 Å². The summed E-state index contributed by atoms with van der Waals surface area (Å²) in [5.74, 6) is 0. The monoisotopic (exact) mass is 915 g/mol. The van der Waals surface area contributed by atoms with E-state index < -0.39 is 0 Å². The smallest absolute Gasteiger partial charge is 0.0110 e. The van der Waals surface area contributed by atoms with Crippen LogP contribution in [0.2, 0.25) is 0 Å². The molecule has 0 radical (unpaired) electrons. The van der Waals surface area contributed by atoms with Gasteiger partial charge in [0, 0.05) is 64.4 Å². The molecule has 4 heteroatoms. The first kappa shape index (κ1) is 62.9. The minimum Gasteiger partial charge on any atom is -0.313 e. The van der Waals surface area contributed by atoms with Crippen molar-refractivity contribution in [2.75, 3.05) is 52.4 Å². The highest BCUT2D eigenvalue weighted by Gasteiger charge is 2.18. The van der Waals surface area contributed by atoms with Gasteiger partial charge in [-0.05, 0) is 25.7 Å². The van der Waals surface area contributed by atoms with Gasteiger partial charge in [-0.3, -0.25) is 9.80 Å². The molecule has 0 aromatic carbocycles. The number of piperazine rings is 1. The predicted molar refractivity (Wildman–Crippen MR) is 296 cm³/mol. The van der Waals surface area contributed by atoms with Gasteiger partial charge < -0.3 is 10.6 Å². The van der Waals surface area contributed by atoms with Crippen LogP contribution in [0.3, 0.4) is 0 Å². The number of unbranched alkanes of at least 4 members (excludes halogenated alkanes) is 39. The Kier molecular flexibility index (Phi) is 51.4. The van der Waals surface area contributed by atoms with Gasteiger partial charge in [0.2, 0.25) is 0 Å². The largest absolute Gasteiger partial charge is 0.313 e. The minimum absolute atomic E-state index is 0.734. The summed E-state index contributed by atoms with van der Waals surface area (Å²) in [4.78, 5) is 5.53. The molecular weight excluding hydrogens is 789 g/mol. The number of nitrogens with one attached hydrogen (secondary N) is 2. The standard InChI is InChI=1S/C61H126N4/c1-5-9-13-17-21-25-29-33-37-41-45-49-60(48-44-40-36-32-28-24-20-16-12-8-4)62-52-54-64-56-58-65(59-57-64)55-53-63-61(50-46-42-38-34-30-26-22-18-14-10-6-2)51-47-43-39-35-31-27-23-19-15-11-7-3/h60-63H,5-59H2,1-4H3. The van der Waals surface area contributed by atoms with Crippen molar-refractivity contribution in [1.82, 2.24) is 20.4 Å². The summed E-state index contributed by atoms with van der Waals surface area (Å²) in [6, 6.07) is 1.47. The third-order valence-electron chi connectivity index (χ3n) is 15.6. The van der Waals surface area contributed by atoms with Crippen LogP contribution in [-0.4, -0.2) is 74.2 Å². The SMILES string of the molecule is CCCCCCCCCCCCCC(CCCCCCCCCCCC)NCCN1CCN(CCNC(CCCCCCCCCCCCC)CCCCCCCCCCCCC)CC1. The van der Waals surface area contributed by atoms with Crippen molar-refractivity contribution >= 4 is 0 Å². The van der Waals surface area contributed by atoms with Crippen LogP contribution in [0.5, 0.6) is 0 Å². The molecule has 1 rings (SSSR count). The van der Waals surface area contributed by atoms with Gasteiger partial charge in [-0.2, -0.15) is 0 Å². The maximum Gasteiger partial charge on any atom is 0.0110 e. The molecule has 0 aromatic rings. The van der Waals surface area contributed by atoms with Crippen molar-refractivity contribution in [1.29, 1.82) is 0 Å². The molecule has 390 valence electrons. The number of rotatable bonds is 55. The predicted octanol–water partition coefficient (Wildman–Crippen LogP) is 18.9. The van der Waals surface area contributed by atoms with Crippen LogP contribution < -0.4 is 10.6 Å². The van der Waals surface area contributed by atoms with Crippen LogP contribution >= 0.6 is 0 Å². The van der Waals surface area contributed by atoms with Crippen molar-refractivity contribution in [3.05, 3.63) is 0 Å². The molecule has 4 nitrogen and oxygen atoms in total. The molecule has 65 heavy (non-hydrogen) atoms. The summed E-state index contributed by atoms with van der Waals surface area (Å²) < 4.78 is 0. The minimum atomic E-state index is 0.734. The van der Waals surface area contributed by atoms with Gasteiger partial charge in [0.1, 0.15) is 0 Å². The van der Waals surface area contributed by atoms with E-state index in [1.807, 2.05) is 0 Å². The van der Waals surface area contributed by atoms with E-state index in [0.717, 1.165) is 12.1 Å². The second-order valence-electron chi connectivity index (χ2n) is 21.9. The second-order valence-corrected chi connectivity index (χ2v) is 21.9. The van der Waals surface area contributed by atoms with Crippen LogP contribution in [0.4, 0.5) is 0 Å². The molecular formula is C61H126N4. The van der Waals surface area contributed by atoms with Gasteiger partial charge in [0.15, 0.2) is 0 Å². The first-order chi connectivity index (χ1) is 32.2. The van der Waals surface area contributed by atoms with Crippen molar-refractivity contribution < 1.29 is 0 Å². The highest BCUT2D eigenvalue weighted by Crippen LogP contribution is 2.19. The third kappa shape index (κ3) is 46.0. The highest BCUT2D eigenvalue weighted by atomic mass is 15.3. The molecule has 1 atom stereocenters. The van der Waals surface area contributed by atoms with Gasteiger partial charge >= 0.3 is 0 Å². The molecule has 1 saturated heterocycles. The second kappa shape index (κ2) is 53.2. The first-order valence-electron chi connectivity index (χ1n) is 31.1. The Hall–Kier alpha value is -0.160. The van der Waals surface area contributed by atoms with Gasteiger partial charge in [0.25, 0.3) is 0 Å². The Labute approximate surface area is 412 Å². The zero-order valence-electron chi connectivity index (χ0n) is 45.9. The molecule has 1 unspecified atom stereocenters. The zero-order valence-corrected chi connectivity index (χ0v) is 45.9. The molecule has 1 aliphatic rings. The Balaban J connectivity index is 2.37. The molecule has 1 aliphatic heterocycles. The van der Waals surface area contributed by atoms with E-state index in [9.17, 15) is 0 Å². The average molecular weight is 916 g/mol. The summed E-state index contributed by atoms with van der Waals surface area (Å²) in [7, 11) is 0. The lowest BCUT2D eigenvalue weighted by atomic mass is 9.99. The van der Waals surface area contributed by atoms with E-state index in [0.29, 0.717) is 0 Å². The lowest BCUT2D eigenvalue weighted by molar-refractivity contribution is 0.131. The van der Waals surface area contributed by atoms with Crippen LogP contribution in [0, 0.1) is 0 Å². The molecule has 0 spiro atoms. The maximum absolute atomic E-state index is 4.11. The highest BCUT2D eigenvalue weighted by molar-refractivity contribution is 4.76. The Bertz CT molecular complexity index is 831. The van der Waals surface area contributed by atoms with Gasteiger partial charge in [-0.1, -0.05) is 304 Å². The van der Waals surface area contributed by atoms with Crippen molar-refractivity contribution in [2.24, 2.45) is 0 Å². The van der Waals surface area contributed by atoms with Gasteiger partial charge in [-0.25, -0.2) is 0 Å². The van der Waals surface area contributed by atoms with Crippen LogP contribution in [-0.2, 0) is 0 Å². The summed E-state index contributed by atoms with van der Waals surface area (Å²) >= 11 is 0. The van der Waals surface area contributed by atoms with E-state index >= 15 is 0 Å². The molecule has 2 N–H and O–H groups in total. The molecule has 1 heterocycles. The topological polar surface area (TPSA) is 30.5 Å².